The van der Waals surface area contributed by atoms with Gasteiger partial charge in [-0.1, -0.05) is 31.9 Å². The predicted octanol–water partition coefficient (Wildman–Crippen LogP) is 3.37. The molecular formula is C15H19Br2NO2. The van der Waals surface area contributed by atoms with Crippen molar-refractivity contribution in [2.75, 3.05) is 25.1 Å². The normalized spacial score (nSPS) is 26.4. The summed E-state index contributed by atoms with van der Waals surface area (Å²) < 4.78 is 12.8. The van der Waals surface area contributed by atoms with Crippen LogP contribution >= 0.6 is 31.9 Å². The van der Waals surface area contributed by atoms with Crippen molar-refractivity contribution in [1.82, 2.24) is 4.90 Å². The minimum atomic E-state index is 0.285. The van der Waals surface area contributed by atoms with Crippen molar-refractivity contribution < 1.29 is 9.47 Å². The van der Waals surface area contributed by atoms with Crippen molar-refractivity contribution in [3.63, 3.8) is 0 Å². The quantitative estimate of drug-likeness (QED) is 0.721. The first-order chi connectivity index (χ1) is 9.67. The number of nitrogens with zero attached hydrogens (tertiary/aromatic N) is 1. The largest absolute Gasteiger partial charge is 0.493 e. The molecule has 0 radical (unpaired) electrons. The van der Waals surface area contributed by atoms with Crippen LogP contribution in [-0.2, 0) is 17.7 Å². The molecule has 0 amide bonds. The van der Waals surface area contributed by atoms with Crippen molar-refractivity contribution in [2.24, 2.45) is 0 Å². The van der Waals surface area contributed by atoms with E-state index in [2.05, 4.69) is 55.8 Å². The summed E-state index contributed by atoms with van der Waals surface area (Å²) in [5, 5.41) is 0.892. The summed E-state index contributed by atoms with van der Waals surface area (Å²) in [5.74, 6) is 1.10. The van der Waals surface area contributed by atoms with Gasteiger partial charge in [-0.3, -0.25) is 4.90 Å². The van der Waals surface area contributed by atoms with Gasteiger partial charge in [-0.2, -0.15) is 0 Å². The van der Waals surface area contributed by atoms with Crippen LogP contribution in [0, 0.1) is 0 Å². The number of ether oxygens (including phenoxy) is 2. The summed E-state index contributed by atoms with van der Waals surface area (Å²) in [5.41, 5.74) is 2.61. The summed E-state index contributed by atoms with van der Waals surface area (Å²) in [6, 6.07) is 4.81. The van der Waals surface area contributed by atoms with Crippen LogP contribution in [0.3, 0.4) is 0 Å². The van der Waals surface area contributed by atoms with E-state index in [1.165, 1.54) is 11.1 Å². The Kier molecular flexibility index (Phi) is 4.70. The van der Waals surface area contributed by atoms with Crippen LogP contribution in [0.2, 0.25) is 0 Å². The molecule has 0 bridgehead atoms. The molecule has 1 aromatic rings. The van der Waals surface area contributed by atoms with Crippen molar-refractivity contribution in [2.45, 2.75) is 32.0 Å². The Labute approximate surface area is 136 Å². The fraction of sp³-hybridized carbons (Fsp3) is 0.600. The van der Waals surface area contributed by atoms with Gasteiger partial charge in [0.05, 0.1) is 19.3 Å². The van der Waals surface area contributed by atoms with E-state index in [9.17, 15) is 0 Å². The van der Waals surface area contributed by atoms with Gasteiger partial charge in [-0.15, -0.1) is 0 Å². The maximum atomic E-state index is 5.83. The van der Waals surface area contributed by atoms with Crippen LogP contribution in [-0.4, -0.2) is 42.1 Å². The van der Waals surface area contributed by atoms with Crippen molar-refractivity contribution >= 4 is 31.9 Å². The van der Waals surface area contributed by atoms with Crippen LogP contribution in [0.15, 0.2) is 16.6 Å². The second-order valence-electron chi connectivity index (χ2n) is 5.54. The maximum Gasteiger partial charge on any atom is 0.127 e. The molecule has 2 unspecified atom stereocenters. The molecule has 2 aliphatic rings. The predicted molar refractivity (Wildman–Crippen MR) is 86.7 cm³/mol. The van der Waals surface area contributed by atoms with Gasteiger partial charge in [0, 0.05) is 40.9 Å². The highest BCUT2D eigenvalue weighted by atomic mass is 79.9. The van der Waals surface area contributed by atoms with Crippen LogP contribution in [0.25, 0.3) is 0 Å². The third-order valence-corrected chi connectivity index (χ3v) is 5.19. The van der Waals surface area contributed by atoms with Gasteiger partial charge in [-0.05, 0) is 24.6 Å². The second-order valence-corrected chi connectivity index (χ2v) is 7.10. The molecule has 5 heteroatoms. The molecule has 110 valence electrons. The van der Waals surface area contributed by atoms with E-state index in [4.69, 9.17) is 9.47 Å². The standard InChI is InChI=1S/C15H19Br2NO2/c1-10-9-20-14(6-16)8-18(10)7-12-5-13(17)4-11-2-3-19-15(11)12/h4-5,10,14H,2-3,6-9H2,1H3. The first-order valence-electron chi connectivity index (χ1n) is 7.03. The van der Waals surface area contributed by atoms with Gasteiger partial charge < -0.3 is 9.47 Å². The van der Waals surface area contributed by atoms with Crippen LogP contribution in [0.1, 0.15) is 18.1 Å². The van der Waals surface area contributed by atoms with Gasteiger partial charge in [0.15, 0.2) is 0 Å². The number of morpholine rings is 1. The molecule has 2 heterocycles. The average Bonchev–Trinajstić information content (AvgIpc) is 2.89. The number of benzene rings is 1. The number of halogens is 2. The number of alkyl halides is 1. The smallest absolute Gasteiger partial charge is 0.127 e. The van der Waals surface area contributed by atoms with Crippen molar-refractivity contribution in [1.29, 1.82) is 0 Å². The lowest BCUT2D eigenvalue weighted by atomic mass is 10.1. The maximum absolute atomic E-state index is 5.83. The highest BCUT2D eigenvalue weighted by Crippen LogP contribution is 2.34. The number of fused-ring (bicyclic) bond motifs is 1. The first-order valence-corrected chi connectivity index (χ1v) is 8.94. The summed E-state index contributed by atoms with van der Waals surface area (Å²) in [7, 11) is 0. The molecule has 20 heavy (non-hydrogen) atoms. The minimum Gasteiger partial charge on any atom is -0.493 e. The van der Waals surface area contributed by atoms with E-state index in [1.54, 1.807) is 0 Å². The highest BCUT2D eigenvalue weighted by Gasteiger charge is 2.27. The Morgan fingerprint density at radius 2 is 2.25 bits per heavy atom. The molecular weight excluding hydrogens is 386 g/mol. The third-order valence-electron chi connectivity index (χ3n) is 4.01. The molecule has 0 aliphatic carbocycles. The molecule has 2 aliphatic heterocycles. The Bertz CT molecular complexity index is 495. The topological polar surface area (TPSA) is 21.7 Å². The lowest BCUT2D eigenvalue weighted by Gasteiger charge is -2.37. The van der Waals surface area contributed by atoms with E-state index in [0.717, 1.165) is 48.3 Å². The summed E-state index contributed by atoms with van der Waals surface area (Å²) in [6.45, 7) is 5.72. The molecule has 3 rings (SSSR count). The minimum absolute atomic E-state index is 0.285. The van der Waals surface area contributed by atoms with Gasteiger partial charge in [0.2, 0.25) is 0 Å². The van der Waals surface area contributed by atoms with Gasteiger partial charge >= 0.3 is 0 Å². The zero-order valence-electron chi connectivity index (χ0n) is 11.6. The zero-order valence-corrected chi connectivity index (χ0v) is 14.7. The molecule has 1 aromatic carbocycles. The summed E-state index contributed by atoms with van der Waals surface area (Å²) in [4.78, 5) is 2.49. The number of hydrogen-bond acceptors (Lipinski definition) is 3. The lowest BCUT2D eigenvalue weighted by Crippen LogP contribution is -2.48. The fourth-order valence-electron chi connectivity index (χ4n) is 2.87. The monoisotopic (exact) mass is 403 g/mol. The van der Waals surface area contributed by atoms with Crippen molar-refractivity contribution in [3.8, 4) is 5.75 Å². The van der Waals surface area contributed by atoms with Crippen molar-refractivity contribution in [3.05, 3.63) is 27.7 Å². The Morgan fingerprint density at radius 1 is 1.40 bits per heavy atom. The summed E-state index contributed by atoms with van der Waals surface area (Å²) >= 11 is 7.14. The molecule has 1 saturated heterocycles. The molecule has 0 spiro atoms. The van der Waals surface area contributed by atoms with E-state index in [-0.39, 0.29) is 6.10 Å². The highest BCUT2D eigenvalue weighted by molar-refractivity contribution is 9.10. The molecule has 1 fully saturated rings. The van der Waals surface area contributed by atoms with Gasteiger partial charge in [-0.25, -0.2) is 0 Å². The van der Waals surface area contributed by atoms with E-state index in [1.807, 2.05) is 0 Å². The molecule has 0 aromatic heterocycles. The average molecular weight is 405 g/mol. The SMILES string of the molecule is CC1COC(CBr)CN1Cc1cc(Br)cc2c1OCC2. The van der Waals surface area contributed by atoms with Crippen LogP contribution < -0.4 is 4.74 Å². The third kappa shape index (κ3) is 3.06. The van der Waals surface area contributed by atoms with Crippen LogP contribution in [0.4, 0.5) is 0 Å². The Balaban J connectivity index is 1.80. The lowest BCUT2D eigenvalue weighted by molar-refractivity contribution is -0.0501. The zero-order chi connectivity index (χ0) is 14.1. The number of rotatable bonds is 3. The molecule has 3 nitrogen and oxygen atoms in total. The second kappa shape index (κ2) is 6.34. The molecule has 0 N–H and O–H groups in total. The van der Waals surface area contributed by atoms with Gasteiger partial charge in [0.25, 0.3) is 0 Å². The number of hydrogen-bond donors (Lipinski definition) is 0. The van der Waals surface area contributed by atoms with Crippen LogP contribution in [0.5, 0.6) is 5.75 Å². The Morgan fingerprint density at radius 3 is 3.05 bits per heavy atom. The summed E-state index contributed by atoms with van der Waals surface area (Å²) in [6.07, 6.45) is 1.30. The first kappa shape index (κ1) is 14.8. The van der Waals surface area contributed by atoms with Gasteiger partial charge in [0.1, 0.15) is 5.75 Å². The molecule has 0 saturated carbocycles. The molecule has 2 atom stereocenters. The van der Waals surface area contributed by atoms with E-state index < -0.39 is 0 Å². The Hall–Kier alpha value is -0.100. The van der Waals surface area contributed by atoms with E-state index >= 15 is 0 Å². The van der Waals surface area contributed by atoms with E-state index in [0.29, 0.717) is 6.04 Å². The fourth-order valence-corrected chi connectivity index (χ4v) is 3.82.